The zero-order chi connectivity index (χ0) is 14.3. The summed E-state index contributed by atoms with van der Waals surface area (Å²) >= 11 is 0. The second-order valence-electron chi connectivity index (χ2n) is 4.84. The highest BCUT2D eigenvalue weighted by Gasteiger charge is 2.08. The van der Waals surface area contributed by atoms with Crippen LogP contribution in [0.5, 0.6) is 0 Å². The van der Waals surface area contributed by atoms with Gasteiger partial charge in [-0.1, -0.05) is 13.8 Å². The maximum Gasteiger partial charge on any atom is 0.134 e. The van der Waals surface area contributed by atoms with Gasteiger partial charge in [0, 0.05) is 25.2 Å². The van der Waals surface area contributed by atoms with Gasteiger partial charge in [-0.15, -0.1) is 0 Å². The molecule has 0 aliphatic carbocycles. The molecule has 1 aromatic heterocycles. The van der Waals surface area contributed by atoms with Crippen LogP contribution in [0.15, 0.2) is 0 Å². The van der Waals surface area contributed by atoms with Crippen molar-refractivity contribution in [2.75, 3.05) is 43.9 Å². The fraction of sp³-hybridized carbons (Fsp3) is 0.714. The molecule has 0 radical (unpaired) electrons. The minimum absolute atomic E-state index is 0.801. The third-order valence-electron chi connectivity index (χ3n) is 3.13. The molecule has 1 heterocycles. The van der Waals surface area contributed by atoms with E-state index >= 15 is 0 Å². The maximum atomic E-state index is 4.48. The average Bonchev–Trinajstić information content (AvgIpc) is 2.40. The summed E-state index contributed by atoms with van der Waals surface area (Å²) in [6.45, 7) is 12.2. The molecule has 0 aliphatic rings. The van der Waals surface area contributed by atoms with Gasteiger partial charge in [-0.25, -0.2) is 9.97 Å². The van der Waals surface area contributed by atoms with E-state index in [1.54, 1.807) is 0 Å². The van der Waals surface area contributed by atoms with Crippen LogP contribution in [0.2, 0.25) is 0 Å². The van der Waals surface area contributed by atoms with Crippen LogP contribution in [-0.2, 0) is 0 Å². The molecule has 5 heteroatoms. The Morgan fingerprint density at radius 3 is 2.11 bits per heavy atom. The molecule has 0 saturated carbocycles. The normalized spacial score (nSPS) is 10.8. The first-order valence-electron chi connectivity index (χ1n) is 7.10. The SMILES string of the molecule is CCCNc1nc(C)nc(NCCN(C)CC)c1C. The monoisotopic (exact) mass is 265 g/mol. The van der Waals surface area contributed by atoms with Crippen LogP contribution in [0.25, 0.3) is 0 Å². The molecule has 1 rings (SSSR count). The molecule has 19 heavy (non-hydrogen) atoms. The highest BCUT2D eigenvalue weighted by molar-refractivity contribution is 5.57. The zero-order valence-electron chi connectivity index (χ0n) is 12.9. The van der Waals surface area contributed by atoms with Crippen molar-refractivity contribution in [3.63, 3.8) is 0 Å². The van der Waals surface area contributed by atoms with Gasteiger partial charge in [0.05, 0.1) is 0 Å². The number of aryl methyl sites for hydroxylation is 1. The number of nitrogens with zero attached hydrogens (tertiary/aromatic N) is 3. The molecule has 2 N–H and O–H groups in total. The minimum Gasteiger partial charge on any atom is -0.370 e. The molecule has 0 amide bonds. The first-order valence-corrected chi connectivity index (χ1v) is 7.10. The topological polar surface area (TPSA) is 53.1 Å². The lowest BCUT2D eigenvalue weighted by Crippen LogP contribution is -2.25. The van der Waals surface area contributed by atoms with E-state index < -0.39 is 0 Å². The molecule has 108 valence electrons. The highest BCUT2D eigenvalue weighted by Crippen LogP contribution is 2.19. The summed E-state index contributed by atoms with van der Waals surface area (Å²) in [5.74, 6) is 2.69. The lowest BCUT2D eigenvalue weighted by atomic mass is 10.3. The van der Waals surface area contributed by atoms with Crippen LogP contribution in [0.4, 0.5) is 11.6 Å². The summed E-state index contributed by atoms with van der Waals surface area (Å²) < 4.78 is 0. The molecule has 0 aromatic carbocycles. The van der Waals surface area contributed by atoms with Crippen LogP contribution in [0.3, 0.4) is 0 Å². The number of anilines is 2. The third-order valence-corrected chi connectivity index (χ3v) is 3.13. The first-order chi connectivity index (χ1) is 9.08. The van der Waals surface area contributed by atoms with Gasteiger partial charge >= 0.3 is 0 Å². The van der Waals surface area contributed by atoms with E-state index in [1.807, 2.05) is 6.92 Å². The van der Waals surface area contributed by atoms with E-state index in [-0.39, 0.29) is 0 Å². The maximum absolute atomic E-state index is 4.48. The number of aromatic nitrogens is 2. The van der Waals surface area contributed by atoms with E-state index in [9.17, 15) is 0 Å². The van der Waals surface area contributed by atoms with Crippen molar-refractivity contribution in [2.45, 2.75) is 34.1 Å². The van der Waals surface area contributed by atoms with E-state index in [1.165, 1.54) is 0 Å². The van der Waals surface area contributed by atoms with Crippen molar-refractivity contribution in [3.05, 3.63) is 11.4 Å². The van der Waals surface area contributed by atoms with Crippen molar-refractivity contribution in [1.82, 2.24) is 14.9 Å². The lowest BCUT2D eigenvalue weighted by molar-refractivity contribution is 0.367. The molecule has 0 unspecified atom stereocenters. The molecular weight excluding hydrogens is 238 g/mol. The summed E-state index contributed by atoms with van der Waals surface area (Å²) in [5.41, 5.74) is 1.10. The number of likely N-dealkylation sites (N-methyl/N-ethyl adjacent to an activating group) is 1. The minimum atomic E-state index is 0.801. The van der Waals surface area contributed by atoms with Crippen LogP contribution < -0.4 is 10.6 Å². The Hall–Kier alpha value is -1.36. The summed E-state index contributed by atoms with van der Waals surface area (Å²) in [6.07, 6.45) is 1.09. The number of hydrogen-bond donors (Lipinski definition) is 2. The quantitative estimate of drug-likeness (QED) is 0.755. The smallest absolute Gasteiger partial charge is 0.134 e. The second-order valence-corrected chi connectivity index (χ2v) is 4.84. The van der Waals surface area contributed by atoms with Crippen molar-refractivity contribution >= 4 is 11.6 Å². The van der Waals surface area contributed by atoms with Crippen molar-refractivity contribution in [3.8, 4) is 0 Å². The van der Waals surface area contributed by atoms with Crippen LogP contribution in [0, 0.1) is 13.8 Å². The Morgan fingerprint density at radius 1 is 1.00 bits per heavy atom. The third kappa shape index (κ3) is 5.03. The fourth-order valence-electron chi connectivity index (χ4n) is 1.74. The fourth-order valence-corrected chi connectivity index (χ4v) is 1.74. The average molecular weight is 265 g/mol. The molecule has 0 atom stereocenters. The van der Waals surface area contributed by atoms with Gasteiger partial charge in [0.2, 0.25) is 0 Å². The van der Waals surface area contributed by atoms with Crippen LogP contribution >= 0.6 is 0 Å². The Morgan fingerprint density at radius 2 is 1.58 bits per heavy atom. The van der Waals surface area contributed by atoms with Crippen molar-refractivity contribution in [1.29, 1.82) is 0 Å². The predicted octanol–water partition coefficient (Wildman–Crippen LogP) is 2.28. The summed E-state index contributed by atoms with van der Waals surface area (Å²) in [6, 6.07) is 0. The predicted molar refractivity (Wildman–Crippen MR) is 81.9 cm³/mol. The van der Waals surface area contributed by atoms with E-state index in [0.29, 0.717) is 0 Å². The van der Waals surface area contributed by atoms with Crippen molar-refractivity contribution < 1.29 is 0 Å². The first kappa shape index (κ1) is 15.7. The molecule has 0 spiro atoms. The molecule has 0 bridgehead atoms. The highest BCUT2D eigenvalue weighted by atomic mass is 15.1. The largest absolute Gasteiger partial charge is 0.370 e. The molecule has 0 aliphatic heterocycles. The summed E-state index contributed by atoms with van der Waals surface area (Å²) in [7, 11) is 2.12. The van der Waals surface area contributed by atoms with Gasteiger partial charge in [0.1, 0.15) is 17.5 Å². The zero-order valence-corrected chi connectivity index (χ0v) is 12.9. The van der Waals surface area contributed by atoms with E-state index in [2.05, 4.69) is 53.3 Å². The number of nitrogens with one attached hydrogen (secondary N) is 2. The Bertz CT molecular complexity index is 392. The number of hydrogen-bond acceptors (Lipinski definition) is 5. The number of rotatable bonds is 8. The Labute approximate surface area is 116 Å². The summed E-state index contributed by atoms with van der Waals surface area (Å²) in [4.78, 5) is 11.2. The molecule has 0 saturated heterocycles. The Kier molecular flexibility index (Phi) is 6.56. The molecule has 5 nitrogen and oxygen atoms in total. The second kappa shape index (κ2) is 7.94. The molecular formula is C14H27N5. The van der Waals surface area contributed by atoms with Crippen LogP contribution in [-0.4, -0.2) is 48.1 Å². The lowest BCUT2D eigenvalue weighted by Gasteiger charge is -2.17. The van der Waals surface area contributed by atoms with Gasteiger partial charge in [0.15, 0.2) is 0 Å². The van der Waals surface area contributed by atoms with Crippen LogP contribution in [0.1, 0.15) is 31.7 Å². The van der Waals surface area contributed by atoms with Crippen molar-refractivity contribution in [2.24, 2.45) is 0 Å². The van der Waals surface area contributed by atoms with E-state index in [0.717, 1.165) is 55.6 Å². The Balaban J connectivity index is 2.68. The standard InChI is InChI=1S/C14H27N5/c1-6-8-15-13-11(3)14(18-12(4)17-13)16-9-10-19(5)7-2/h6-10H2,1-5H3,(H2,15,16,17,18). The van der Waals surface area contributed by atoms with Gasteiger partial charge in [-0.05, 0) is 33.9 Å². The summed E-state index contributed by atoms with van der Waals surface area (Å²) in [5, 5.41) is 6.76. The van der Waals surface area contributed by atoms with Gasteiger partial charge < -0.3 is 15.5 Å². The van der Waals surface area contributed by atoms with Gasteiger partial charge in [-0.2, -0.15) is 0 Å². The molecule has 0 fully saturated rings. The van der Waals surface area contributed by atoms with Gasteiger partial charge in [-0.3, -0.25) is 0 Å². The van der Waals surface area contributed by atoms with E-state index in [4.69, 9.17) is 0 Å². The molecule has 1 aromatic rings. The van der Waals surface area contributed by atoms with Gasteiger partial charge in [0.25, 0.3) is 0 Å².